The van der Waals surface area contributed by atoms with Crippen molar-refractivity contribution in [3.8, 4) is 5.75 Å². The van der Waals surface area contributed by atoms with Crippen molar-refractivity contribution in [1.82, 2.24) is 0 Å². The zero-order chi connectivity index (χ0) is 13.8. The number of ether oxygens (including phenoxy) is 1. The Morgan fingerprint density at radius 3 is 2.37 bits per heavy atom. The van der Waals surface area contributed by atoms with Gasteiger partial charge in [0, 0.05) is 15.0 Å². The Bertz CT molecular complexity index is 553. The monoisotopic (exact) mass is 383 g/mol. The Balaban J connectivity index is 2.04. The molecule has 19 heavy (non-hydrogen) atoms. The third-order valence-corrected chi connectivity index (χ3v) is 4.00. The second-order valence-corrected chi connectivity index (χ2v) is 6.16. The van der Waals surface area contributed by atoms with Gasteiger partial charge in [0.15, 0.2) is 0 Å². The fourth-order valence-corrected chi connectivity index (χ4v) is 2.70. The van der Waals surface area contributed by atoms with Gasteiger partial charge in [-0.1, -0.05) is 50.1 Å². The first-order valence-corrected chi connectivity index (χ1v) is 7.57. The highest BCUT2D eigenvalue weighted by atomic mass is 79.9. The first-order chi connectivity index (χ1) is 9.06. The summed E-state index contributed by atoms with van der Waals surface area (Å²) in [4.78, 5) is 0. The van der Waals surface area contributed by atoms with E-state index in [4.69, 9.17) is 10.5 Å². The molecule has 2 nitrogen and oxygen atoms in total. The van der Waals surface area contributed by atoms with Crippen LogP contribution in [0.2, 0.25) is 0 Å². The van der Waals surface area contributed by atoms with Crippen LogP contribution >= 0.6 is 31.9 Å². The molecule has 2 rings (SSSR count). The van der Waals surface area contributed by atoms with E-state index in [0.29, 0.717) is 6.61 Å². The maximum absolute atomic E-state index is 5.87. The van der Waals surface area contributed by atoms with Crippen LogP contribution < -0.4 is 10.5 Å². The summed E-state index contributed by atoms with van der Waals surface area (Å²) in [7, 11) is 0. The lowest BCUT2D eigenvalue weighted by molar-refractivity contribution is 0.306. The third kappa shape index (κ3) is 4.06. The molecule has 0 heterocycles. The van der Waals surface area contributed by atoms with E-state index in [9.17, 15) is 0 Å². The number of halogens is 2. The largest absolute Gasteiger partial charge is 0.489 e. The zero-order valence-electron chi connectivity index (χ0n) is 10.6. The lowest BCUT2D eigenvalue weighted by Crippen LogP contribution is -2.05. The molecule has 0 fully saturated rings. The van der Waals surface area contributed by atoms with Crippen molar-refractivity contribution >= 4 is 31.9 Å². The van der Waals surface area contributed by atoms with E-state index in [2.05, 4.69) is 31.9 Å². The van der Waals surface area contributed by atoms with Gasteiger partial charge in [-0.25, -0.2) is 0 Å². The van der Waals surface area contributed by atoms with Gasteiger partial charge in [0.2, 0.25) is 0 Å². The smallest absolute Gasteiger partial charge is 0.120 e. The average Bonchev–Trinajstić information content (AvgIpc) is 2.37. The molecule has 0 saturated carbocycles. The van der Waals surface area contributed by atoms with Gasteiger partial charge in [-0.15, -0.1) is 0 Å². The molecule has 2 aromatic rings. The van der Waals surface area contributed by atoms with Crippen LogP contribution in [-0.4, -0.2) is 0 Å². The Hall–Kier alpha value is -0.840. The van der Waals surface area contributed by atoms with Gasteiger partial charge in [0.05, 0.1) is 0 Å². The van der Waals surface area contributed by atoms with Crippen LogP contribution in [0.4, 0.5) is 0 Å². The first-order valence-electron chi connectivity index (χ1n) is 5.98. The van der Waals surface area contributed by atoms with Crippen LogP contribution in [0.25, 0.3) is 0 Å². The van der Waals surface area contributed by atoms with E-state index in [-0.39, 0.29) is 6.04 Å². The molecule has 0 bridgehead atoms. The maximum atomic E-state index is 5.87. The van der Waals surface area contributed by atoms with Crippen molar-refractivity contribution < 1.29 is 4.74 Å². The molecule has 2 N–H and O–H groups in total. The van der Waals surface area contributed by atoms with Gasteiger partial charge < -0.3 is 10.5 Å². The molecular formula is C15H15Br2NO. The predicted octanol–water partition coefficient (Wildman–Crippen LogP) is 4.81. The van der Waals surface area contributed by atoms with Crippen LogP contribution in [0.3, 0.4) is 0 Å². The van der Waals surface area contributed by atoms with E-state index < -0.39 is 0 Å². The standard InChI is InChI=1S/C15H15Br2NO/c1-10(18)14-7-6-13(8-15(14)17)19-9-11-2-4-12(16)5-3-11/h2-8,10H,9,18H2,1H3. The normalized spacial score (nSPS) is 12.2. The lowest BCUT2D eigenvalue weighted by atomic mass is 10.1. The summed E-state index contributed by atoms with van der Waals surface area (Å²) in [6.45, 7) is 2.51. The molecule has 0 aliphatic rings. The van der Waals surface area contributed by atoms with Gasteiger partial charge in [0.1, 0.15) is 12.4 Å². The van der Waals surface area contributed by atoms with Gasteiger partial charge in [0.25, 0.3) is 0 Å². The van der Waals surface area contributed by atoms with Crippen LogP contribution in [0.1, 0.15) is 24.1 Å². The Labute approximate surface area is 130 Å². The third-order valence-electron chi connectivity index (χ3n) is 2.78. The molecule has 0 aliphatic heterocycles. The first kappa shape index (κ1) is 14.6. The summed E-state index contributed by atoms with van der Waals surface area (Å²) >= 11 is 6.93. The SMILES string of the molecule is CC(N)c1ccc(OCc2ccc(Br)cc2)cc1Br. The fourth-order valence-electron chi connectivity index (χ4n) is 1.71. The van der Waals surface area contributed by atoms with Crippen molar-refractivity contribution in [2.45, 2.75) is 19.6 Å². The minimum Gasteiger partial charge on any atom is -0.489 e. The summed E-state index contributed by atoms with van der Waals surface area (Å²) in [5.74, 6) is 0.833. The molecule has 2 aromatic carbocycles. The van der Waals surface area contributed by atoms with Crippen molar-refractivity contribution in [2.24, 2.45) is 5.73 Å². The van der Waals surface area contributed by atoms with Gasteiger partial charge in [-0.05, 0) is 42.3 Å². The Morgan fingerprint density at radius 2 is 1.79 bits per heavy atom. The minimum atomic E-state index is 0.00917. The van der Waals surface area contributed by atoms with E-state index >= 15 is 0 Å². The topological polar surface area (TPSA) is 35.2 Å². The van der Waals surface area contributed by atoms with Gasteiger partial charge in [-0.2, -0.15) is 0 Å². The highest BCUT2D eigenvalue weighted by molar-refractivity contribution is 9.10. The summed E-state index contributed by atoms with van der Waals surface area (Å²) < 4.78 is 7.81. The van der Waals surface area contributed by atoms with E-state index in [1.807, 2.05) is 49.4 Å². The van der Waals surface area contributed by atoms with E-state index in [1.54, 1.807) is 0 Å². The van der Waals surface area contributed by atoms with Crippen molar-refractivity contribution in [1.29, 1.82) is 0 Å². The summed E-state index contributed by atoms with van der Waals surface area (Å²) in [6, 6.07) is 14.0. The summed E-state index contributed by atoms with van der Waals surface area (Å²) in [5, 5.41) is 0. The number of rotatable bonds is 4. The highest BCUT2D eigenvalue weighted by Gasteiger charge is 2.06. The molecular weight excluding hydrogens is 370 g/mol. The van der Waals surface area contributed by atoms with Crippen molar-refractivity contribution in [2.75, 3.05) is 0 Å². The van der Waals surface area contributed by atoms with Crippen LogP contribution in [0.15, 0.2) is 51.4 Å². The van der Waals surface area contributed by atoms with E-state index in [1.165, 1.54) is 0 Å². The van der Waals surface area contributed by atoms with Crippen LogP contribution in [-0.2, 0) is 6.61 Å². The van der Waals surface area contributed by atoms with Gasteiger partial charge >= 0.3 is 0 Å². The van der Waals surface area contributed by atoms with Crippen LogP contribution in [0, 0.1) is 0 Å². The molecule has 4 heteroatoms. The molecule has 0 spiro atoms. The quantitative estimate of drug-likeness (QED) is 0.820. The molecule has 0 aliphatic carbocycles. The molecule has 0 amide bonds. The lowest BCUT2D eigenvalue weighted by Gasteiger charge is -2.11. The molecule has 1 unspecified atom stereocenters. The average molecular weight is 385 g/mol. The number of hydrogen-bond donors (Lipinski definition) is 1. The summed E-state index contributed by atoms with van der Waals surface area (Å²) in [6.07, 6.45) is 0. The molecule has 0 radical (unpaired) electrons. The van der Waals surface area contributed by atoms with E-state index in [0.717, 1.165) is 25.8 Å². The second kappa shape index (κ2) is 6.55. The van der Waals surface area contributed by atoms with Crippen molar-refractivity contribution in [3.05, 3.63) is 62.5 Å². The van der Waals surface area contributed by atoms with Crippen molar-refractivity contribution in [3.63, 3.8) is 0 Å². The molecule has 0 saturated heterocycles. The highest BCUT2D eigenvalue weighted by Crippen LogP contribution is 2.27. The maximum Gasteiger partial charge on any atom is 0.120 e. The second-order valence-electron chi connectivity index (χ2n) is 4.39. The number of nitrogens with two attached hydrogens (primary N) is 1. The molecule has 1 atom stereocenters. The molecule has 100 valence electrons. The number of hydrogen-bond acceptors (Lipinski definition) is 2. The predicted molar refractivity (Wildman–Crippen MR) is 85.2 cm³/mol. The van der Waals surface area contributed by atoms with Crippen LogP contribution in [0.5, 0.6) is 5.75 Å². The van der Waals surface area contributed by atoms with Gasteiger partial charge in [-0.3, -0.25) is 0 Å². The number of benzene rings is 2. The minimum absolute atomic E-state index is 0.00917. The Kier molecular flexibility index (Phi) is 5.02. The fraction of sp³-hybridized carbons (Fsp3) is 0.200. The molecule has 0 aromatic heterocycles. The summed E-state index contributed by atoms with van der Waals surface area (Å²) in [5.41, 5.74) is 8.08. The zero-order valence-corrected chi connectivity index (χ0v) is 13.7. The Morgan fingerprint density at radius 1 is 1.11 bits per heavy atom.